The number of aryl methyl sites for hydroxylation is 2. The first kappa shape index (κ1) is 17.5. The second-order valence-corrected chi connectivity index (χ2v) is 8.64. The molecule has 0 bridgehead atoms. The third-order valence-corrected chi connectivity index (χ3v) is 6.48. The van der Waals surface area contributed by atoms with E-state index in [1.54, 1.807) is 22.7 Å². The Labute approximate surface area is 151 Å². The van der Waals surface area contributed by atoms with E-state index in [4.69, 9.17) is 0 Å². The van der Waals surface area contributed by atoms with Gasteiger partial charge in [-0.2, -0.15) is 0 Å². The normalized spacial score (nSPS) is 16.1. The van der Waals surface area contributed by atoms with E-state index in [1.807, 2.05) is 18.7 Å². The number of hydrogen-bond acceptors (Lipinski definition) is 6. The third-order valence-electron chi connectivity index (χ3n) is 4.21. The van der Waals surface area contributed by atoms with E-state index in [2.05, 4.69) is 34.1 Å². The first-order valence-electron chi connectivity index (χ1n) is 8.34. The summed E-state index contributed by atoms with van der Waals surface area (Å²) < 4.78 is 0. The number of piperazine rings is 1. The van der Waals surface area contributed by atoms with Crippen LogP contribution in [0.25, 0.3) is 0 Å². The van der Waals surface area contributed by atoms with Crippen LogP contribution in [0.5, 0.6) is 0 Å². The maximum Gasteiger partial charge on any atom is 0.265 e. The van der Waals surface area contributed by atoms with Crippen molar-refractivity contribution >= 4 is 28.6 Å². The molecule has 0 saturated carbocycles. The van der Waals surface area contributed by atoms with Gasteiger partial charge in [-0.1, -0.05) is 13.8 Å². The summed E-state index contributed by atoms with van der Waals surface area (Å²) in [6, 6.07) is 0. The number of rotatable bonds is 4. The topological polar surface area (TPSA) is 49.3 Å². The Morgan fingerprint density at radius 1 is 1.21 bits per heavy atom. The highest BCUT2D eigenvalue weighted by Crippen LogP contribution is 2.26. The van der Waals surface area contributed by atoms with Crippen LogP contribution >= 0.6 is 22.7 Å². The summed E-state index contributed by atoms with van der Waals surface area (Å²) in [6.07, 6.45) is 0. The highest BCUT2D eigenvalue weighted by molar-refractivity contribution is 7.13. The van der Waals surface area contributed by atoms with Crippen molar-refractivity contribution in [1.82, 2.24) is 19.8 Å². The average Bonchev–Trinajstić information content (AvgIpc) is 3.13. The molecule has 0 N–H and O–H groups in total. The van der Waals surface area contributed by atoms with E-state index in [0.29, 0.717) is 5.92 Å². The van der Waals surface area contributed by atoms with Crippen LogP contribution in [0.1, 0.15) is 50.8 Å². The zero-order valence-corrected chi connectivity index (χ0v) is 16.3. The molecule has 2 aromatic heterocycles. The maximum absolute atomic E-state index is 12.8. The molecule has 1 amide bonds. The van der Waals surface area contributed by atoms with Gasteiger partial charge in [-0.3, -0.25) is 9.69 Å². The summed E-state index contributed by atoms with van der Waals surface area (Å²) in [4.78, 5) is 27.0. The molecule has 0 aliphatic carbocycles. The number of amides is 1. The van der Waals surface area contributed by atoms with E-state index in [1.165, 1.54) is 0 Å². The zero-order chi connectivity index (χ0) is 17.3. The van der Waals surface area contributed by atoms with Crippen molar-refractivity contribution in [3.8, 4) is 0 Å². The fourth-order valence-corrected chi connectivity index (χ4v) is 4.47. The van der Waals surface area contributed by atoms with Crippen LogP contribution in [0.2, 0.25) is 0 Å². The molecule has 0 radical (unpaired) electrons. The lowest BCUT2D eigenvalue weighted by atomic mass is 10.2. The number of aromatic nitrogens is 2. The molecule has 5 nitrogen and oxygen atoms in total. The van der Waals surface area contributed by atoms with Crippen LogP contribution in [0.15, 0.2) is 5.38 Å². The van der Waals surface area contributed by atoms with E-state index in [-0.39, 0.29) is 5.91 Å². The minimum absolute atomic E-state index is 0.140. The quantitative estimate of drug-likeness (QED) is 0.835. The lowest BCUT2D eigenvalue weighted by Gasteiger charge is -2.34. The molecule has 7 heteroatoms. The van der Waals surface area contributed by atoms with Gasteiger partial charge in [-0.25, -0.2) is 9.97 Å². The van der Waals surface area contributed by atoms with Crippen LogP contribution in [0.4, 0.5) is 0 Å². The molecule has 0 atom stereocenters. The molecule has 1 aliphatic heterocycles. The fourth-order valence-electron chi connectivity index (χ4n) is 2.83. The Morgan fingerprint density at radius 2 is 1.92 bits per heavy atom. The molecule has 0 aromatic carbocycles. The van der Waals surface area contributed by atoms with E-state index >= 15 is 0 Å². The van der Waals surface area contributed by atoms with Crippen molar-refractivity contribution in [2.45, 2.75) is 40.2 Å². The van der Waals surface area contributed by atoms with Crippen molar-refractivity contribution in [2.75, 3.05) is 26.2 Å². The molecule has 24 heavy (non-hydrogen) atoms. The van der Waals surface area contributed by atoms with Crippen molar-refractivity contribution in [3.05, 3.63) is 31.7 Å². The first-order chi connectivity index (χ1) is 11.4. The summed E-state index contributed by atoms with van der Waals surface area (Å²) in [5.74, 6) is 0.509. The van der Waals surface area contributed by atoms with E-state index < -0.39 is 0 Å². The molecule has 1 fully saturated rings. The van der Waals surface area contributed by atoms with Gasteiger partial charge < -0.3 is 4.90 Å². The molecular formula is C17H24N4OS2. The summed E-state index contributed by atoms with van der Waals surface area (Å²) in [6.45, 7) is 12.4. The van der Waals surface area contributed by atoms with Gasteiger partial charge in [-0.15, -0.1) is 22.7 Å². The molecule has 1 saturated heterocycles. The molecule has 0 spiro atoms. The standard InChI is InChI=1S/C17H24N4OS2/c1-11(2)16-18-12(3)15(24-16)17(22)21-7-5-20(6-8-21)9-14-10-23-13(4)19-14/h10-11H,5-9H2,1-4H3. The molecule has 2 aromatic rings. The highest BCUT2D eigenvalue weighted by Gasteiger charge is 2.26. The summed E-state index contributed by atoms with van der Waals surface area (Å²) >= 11 is 3.24. The Morgan fingerprint density at radius 3 is 2.46 bits per heavy atom. The lowest BCUT2D eigenvalue weighted by Crippen LogP contribution is -2.48. The van der Waals surface area contributed by atoms with Gasteiger partial charge >= 0.3 is 0 Å². The van der Waals surface area contributed by atoms with Crippen molar-refractivity contribution in [3.63, 3.8) is 0 Å². The SMILES string of the molecule is Cc1nc(CN2CCN(C(=O)c3sc(C(C)C)nc3C)CC2)cs1. The minimum Gasteiger partial charge on any atom is -0.335 e. The van der Waals surface area contributed by atoms with Gasteiger partial charge in [0.15, 0.2) is 0 Å². The molecule has 1 aliphatic rings. The van der Waals surface area contributed by atoms with Gasteiger partial charge in [-0.05, 0) is 13.8 Å². The Balaban J connectivity index is 1.59. The number of nitrogens with zero attached hydrogens (tertiary/aromatic N) is 4. The summed E-state index contributed by atoms with van der Waals surface area (Å²) in [5, 5.41) is 4.29. The monoisotopic (exact) mass is 364 g/mol. The molecule has 130 valence electrons. The van der Waals surface area contributed by atoms with Crippen LogP contribution in [-0.2, 0) is 6.54 Å². The predicted molar refractivity (Wildman–Crippen MR) is 99.0 cm³/mol. The number of carbonyl (C=O) groups is 1. The Kier molecular flexibility index (Phi) is 5.32. The van der Waals surface area contributed by atoms with Crippen LogP contribution in [-0.4, -0.2) is 51.9 Å². The summed E-state index contributed by atoms with van der Waals surface area (Å²) in [5.41, 5.74) is 2.01. The van der Waals surface area contributed by atoms with E-state index in [9.17, 15) is 4.79 Å². The fraction of sp³-hybridized carbons (Fsp3) is 0.588. The van der Waals surface area contributed by atoms with E-state index in [0.717, 1.165) is 59.0 Å². The third kappa shape index (κ3) is 3.84. The molecular weight excluding hydrogens is 340 g/mol. The second kappa shape index (κ2) is 7.29. The maximum atomic E-state index is 12.8. The zero-order valence-electron chi connectivity index (χ0n) is 14.7. The summed E-state index contributed by atoms with van der Waals surface area (Å²) in [7, 11) is 0. The second-order valence-electron chi connectivity index (χ2n) is 6.55. The lowest BCUT2D eigenvalue weighted by molar-refractivity contribution is 0.0631. The van der Waals surface area contributed by atoms with Crippen LogP contribution in [0.3, 0.4) is 0 Å². The first-order valence-corrected chi connectivity index (χ1v) is 10.0. The van der Waals surface area contributed by atoms with Crippen LogP contribution in [0, 0.1) is 13.8 Å². The predicted octanol–water partition coefficient (Wildman–Crippen LogP) is 3.30. The van der Waals surface area contributed by atoms with Gasteiger partial charge in [0.05, 0.1) is 21.4 Å². The number of carbonyl (C=O) groups excluding carboxylic acids is 1. The van der Waals surface area contributed by atoms with Gasteiger partial charge in [0, 0.05) is 44.0 Å². The smallest absolute Gasteiger partial charge is 0.265 e. The molecule has 0 unspecified atom stereocenters. The largest absolute Gasteiger partial charge is 0.335 e. The molecule has 3 rings (SSSR count). The molecule has 3 heterocycles. The van der Waals surface area contributed by atoms with Crippen molar-refractivity contribution in [2.24, 2.45) is 0 Å². The van der Waals surface area contributed by atoms with Gasteiger partial charge in [0.25, 0.3) is 5.91 Å². The Bertz CT molecular complexity index is 714. The average molecular weight is 365 g/mol. The van der Waals surface area contributed by atoms with Crippen LogP contribution < -0.4 is 0 Å². The highest BCUT2D eigenvalue weighted by atomic mass is 32.1. The minimum atomic E-state index is 0.140. The van der Waals surface area contributed by atoms with Crippen molar-refractivity contribution in [1.29, 1.82) is 0 Å². The van der Waals surface area contributed by atoms with Crippen molar-refractivity contribution < 1.29 is 4.79 Å². The number of hydrogen-bond donors (Lipinski definition) is 0. The Hall–Kier alpha value is -1.31. The number of thiazole rings is 2. The van der Waals surface area contributed by atoms with Gasteiger partial charge in [0.2, 0.25) is 0 Å². The van der Waals surface area contributed by atoms with Gasteiger partial charge in [0.1, 0.15) is 4.88 Å².